The SMILES string of the molecule is CCCCCCOc1cc2c3cc(OCCCCCC)c(OCCCCCC)cc3c3cc(OCC(=O)NCCCCC)c(OCCCCCC)cc3c2cc1OCCCCCC. The number of hydrogen-bond donors (Lipinski definition) is 1. The van der Waals surface area contributed by atoms with Crippen LogP contribution in [0.5, 0.6) is 34.5 Å². The Hall–Kier alpha value is -4.07. The Labute approximate surface area is 381 Å². The van der Waals surface area contributed by atoms with Gasteiger partial charge in [0, 0.05) is 6.54 Å². The maximum absolute atomic E-state index is 13.1. The number of fused-ring (bicyclic) bond motifs is 6. The van der Waals surface area contributed by atoms with Gasteiger partial charge in [0.15, 0.2) is 41.1 Å². The van der Waals surface area contributed by atoms with Crippen LogP contribution in [-0.2, 0) is 4.79 Å². The van der Waals surface area contributed by atoms with Crippen LogP contribution in [0.1, 0.15) is 189 Å². The molecular formula is C55H85NO7. The maximum atomic E-state index is 13.1. The van der Waals surface area contributed by atoms with Crippen LogP contribution in [0, 0.1) is 0 Å². The topological polar surface area (TPSA) is 84.5 Å². The minimum atomic E-state index is -0.133. The average molecular weight is 872 g/mol. The third-order valence-corrected chi connectivity index (χ3v) is 11.9. The van der Waals surface area contributed by atoms with Gasteiger partial charge in [-0.25, -0.2) is 0 Å². The Kier molecular flexibility index (Phi) is 25.3. The lowest BCUT2D eigenvalue weighted by Gasteiger charge is -2.21. The first-order chi connectivity index (χ1) is 31.0. The number of carbonyl (C=O) groups excluding carboxylic acids is 1. The molecule has 0 aliphatic rings. The molecule has 0 saturated carbocycles. The van der Waals surface area contributed by atoms with Gasteiger partial charge in [0.25, 0.3) is 5.91 Å². The number of benzene rings is 4. The molecule has 4 aromatic rings. The van der Waals surface area contributed by atoms with Gasteiger partial charge in [0.05, 0.1) is 33.0 Å². The van der Waals surface area contributed by atoms with E-state index >= 15 is 0 Å². The minimum Gasteiger partial charge on any atom is -0.490 e. The van der Waals surface area contributed by atoms with Crippen molar-refractivity contribution in [2.45, 2.75) is 189 Å². The molecular weight excluding hydrogens is 787 g/mol. The van der Waals surface area contributed by atoms with Crippen LogP contribution in [0.15, 0.2) is 36.4 Å². The minimum absolute atomic E-state index is 0.0908. The summed E-state index contributed by atoms with van der Waals surface area (Å²) in [6.07, 6.45) is 25.4. The molecule has 8 heteroatoms. The van der Waals surface area contributed by atoms with Crippen LogP contribution in [-0.4, -0.2) is 52.1 Å². The van der Waals surface area contributed by atoms with E-state index in [9.17, 15) is 4.79 Å². The summed E-state index contributed by atoms with van der Waals surface area (Å²) in [5.41, 5.74) is 0. The summed E-state index contributed by atoms with van der Waals surface area (Å²) < 4.78 is 39.5. The normalized spacial score (nSPS) is 11.4. The third kappa shape index (κ3) is 17.4. The van der Waals surface area contributed by atoms with Crippen molar-refractivity contribution in [3.63, 3.8) is 0 Å². The standard InChI is InChI=1S/C55H85NO7/c1-7-13-19-25-31-58-49-36-43-44-37-50(59-32-26-20-14-8-2)52(61-34-28-22-16-10-4)39-46(44)48-41-54(63-42-55(57)56-30-24-18-12-6)53(62-35-29-23-17-11-5)40-47(48)45(43)38-51(49)60-33-27-21-15-9-3/h36-41H,7-35,42H2,1-6H3,(H,56,57). The molecule has 0 radical (unpaired) electrons. The summed E-state index contributed by atoms with van der Waals surface area (Å²) in [7, 11) is 0. The first-order valence-corrected chi connectivity index (χ1v) is 25.6. The number of amides is 1. The summed E-state index contributed by atoms with van der Waals surface area (Å²) in [6, 6.07) is 12.9. The van der Waals surface area contributed by atoms with Gasteiger partial charge in [-0.15, -0.1) is 0 Å². The molecule has 1 N–H and O–H groups in total. The monoisotopic (exact) mass is 872 g/mol. The molecule has 0 spiro atoms. The molecule has 63 heavy (non-hydrogen) atoms. The van der Waals surface area contributed by atoms with Crippen molar-refractivity contribution in [3.05, 3.63) is 36.4 Å². The van der Waals surface area contributed by atoms with Gasteiger partial charge >= 0.3 is 0 Å². The first-order valence-electron chi connectivity index (χ1n) is 25.6. The molecule has 4 aromatic carbocycles. The van der Waals surface area contributed by atoms with Crippen molar-refractivity contribution in [3.8, 4) is 34.5 Å². The summed E-state index contributed by atoms with van der Waals surface area (Å²) in [5.74, 6) is 4.10. The van der Waals surface area contributed by atoms with Gasteiger partial charge in [-0.05, 0) is 107 Å². The molecule has 0 aliphatic heterocycles. The van der Waals surface area contributed by atoms with Crippen LogP contribution >= 0.6 is 0 Å². The van der Waals surface area contributed by atoms with Gasteiger partial charge < -0.3 is 33.7 Å². The molecule has 0 unspecified atom stereocenters. The van der Waals surface area contributed by atoms with Crippen molar-refractivity contribution >= 4 is 38.2 Å². The highest BCUT2D eigenvalue weighted by molar-refractivity contribution is 6.26. The fraction of sp³-hybridized carbons (Fsp3) is 0.655. The van der Waals surface area contributed by atoms with Crippen LogP contribution in [0.4, 0.5) is 0 Å². The van der Waals surface area contributed by atoms with Crippen molar-refractivity contribution in [2.24, 2.45) is 0 Å². The molecule has 0 aromatic heterocycles. The van der Waals surface area contributed by atoms with Gasteiger partial charge in [-0.1, -0.05) is 151 Å². The molecule has 0 atom stereocenters. The molecule has 352 valence electrons. The van der Waals surface area contributed by atoms with E-state index in [2.05, 4.69) is 83.3 Å². The Bertz CT molecular complexity index is 1840. The van der Waals surface area contributed by atoms with Crippen molar-refractivity contribution < 1.29 is 33.2 Å². The summed E-state index contributed by atoms with van der Waals surface area (Å²) >= 11 is 0. The van der Waals surface area contributed by atoms with E-state index in [0.717, 1.165) is 152 Å². The van der Waals surface area contributed by atoms with Gasteiger partial charge in [0.1, 0.15) is 0 Å². The molecule has 0 heterocycles. The molecule has 0 saturated heterocycles. The number of rotatable bonds is 37. The molecule has 1 amide bonds. The van der Waals surface area contributed by atoms with Crippen molar-refractivity contribution in [1.29, 1.82) is 0 Å². The fourth-order valence-corrected chi connectivity index (χ4v) is 8.05. The highest BCUT2D eigenvalue weighted by atomic mass is 16.5. The lowest BCUT2D eigenvalue weighted by Crippen LogP contribution is -2.29. The molecule has 0 aliphatic carbocycles. The quantitative estimate of drug-likeness (QED) is 0.0357. The second kappa shape index (κ2) is 30.9. The number of carbonyl (C=O) groups is 1. The van der Waals surface area contributed by atoms with E-state index in [1.54, 1.807) is 0 Å². The Morgan fingerprint density at radius 3 is 0.825 bits per heavy atom. The Balaban J connectivity index is 1.95. The smallest absolute Gasteiger partial charge is 0.257 e. The molecule has 0 fully saturated rings. The van der Waals surface area contributed by atoms with E-state index in [0.29, 0.717) is 51.1 Å². The third-order valence-electron chi connectivity index (χ3n) is 11.9. The number of unbranched alkanes of at least 4 members (excludes halogenated alkanes) is 17. The van der Waals surface area contributed by atoms with Crippen molar-refractivity contribution in [2.75, 3.05) is 46.2 Å². The van der Waals surface area contributed by atoms with Gasteiger partial charge in [-0.2, -0.15) is 0 Å². The van der Waals surface area contributed by atoms with E-state index in [1.807, 2.05) is 0 Å². The van der Waals surface area contributed by atoms with Crippen LogP contribution in [0.3, 0.4) is 0 Å². The zero-order chi connectivity index (χ0) is 44.9. The van der Waals surface area contributed by atoms with E-state index in [1.165, 1.54) is 51.4 Å². The van der Waals surface area contributed by atoms with Crippen LogP contribution < -0.4 is 33.7 Å². The molecule has 0 bridgehead atoms. The van der Waals surface area contributed by atoms with E-state index in [4.69, 9.17) is 28.4 Å². The van der Waals surface area contributed by atoms with Gasteiger partial charge in [0.2, 0.25) is 0 Å². The van der Waals surface area contributed by atoms with Crippen LogP contribution in [0.2, 0.25) is 0 Å². The van der Waals surface area contributed by atoms with Crippen LogP contribution in [0.25, 0.3) is 32.3 Å². The second-order valence-corrected chi connectivity index (χ2v) is 17.4. The maximum Gasteiger partial charge on any atom is 0.257 e. The van der Waals surface area contributed by atoms with Crippen molar-refractivity contribution in [1.82, 2.24) is 5.32 Å². The zero-order valence-corrected chi connectivity index (χ0v) is 40.5. The molecule has 4 rings (SSSR count). The summed E-state index contributed by atoms with van der Waals surface area (Å²) in [4.78, 5) is 13.1. The first kappa shape index (κ1) is 51.6. The lowest BCUT2D eigenvalue weighted by atomic mass is 9.93. The fourth-order valence-electron chi connectivity index (χ4n) is 8.05. The van der Waals surface area contributed by atoms with E-state index < -0.39 is 0 Å². The largest absolute Gasteiger partial charge is 0.490 e. The highest BCUT2D eigenvalue weighted by Crippen LogP contribution is 2.47. The Morgan fingerprint density at radius 1 is 0.333 bits per heavy atom. The average Bonchev–Trinajstić information content (AvgIpc) is 3.29. The van der Waals surface area contributed by atoms with Gasteiger partial charge in [-0.3, -0.25) is 4.79 Å². The predicted molar refractivity (Wildman–Crippen MR) is 265 cm³/mol. The number of nitrogens with one attached hydrogen (secondary N) is 1. The zero-order valence-electron chi connectivity index (χ0n) is 40.5. The van der Waals surface area contributed by atoms with E-state index in [-0.39, 0.29) is 12.5 Å². The number of ether oxygens (including phenoxy) is 6. The molecule has 8 nitrogen and oxygen atoms in total. The number of hydrogen-bond acceptors (Lipinski definition) is 7. The predicted octanol–water partition coefficient (Wildman–Crippen LogP) is 15.6. The lowest BCUT2D eigenvalue weighted by molar-refractivity contribution is -0.123. The Morgan fingerprint density at radius 2 is 0.571 bits per heavy atom. The second-order valence-electron chi connectivity index (χ2n) is 17.4. The summed E-state index contributed by atoms with van der Waals surface area (Å²) in [6.45, 7) is 16.9. The highest BCUT2D eigenvalue weighted by Gasteiger charge is 2.21. The summed E-state index contributed by atoms with van der Waals surface area (Å²) in [5, 5.41) is 9.20.